The lowest BCUT2D eigenvalue weighted by Crippen LogP contribution is -2.49. The first kappa shape index (κ1) is 11.3. The molecule has 1 unspecified atom stereocenters. The molecule has 0 radical (unpaired) electrons. The quantitative estimate of drug-likeness (QED) is 0.584. The molecule has 70 valence electrons. The fourth-order valence-electron chi connectivity index (χ4n) is 1.17. The van der Waals surface area contributed by atoms with E-state index >= 15 is 0 Å². The Morgan fingerprint density at radius 3 is 1.58 bits per heavy atom. The van der Waals surface area contributed by atoms with Crippen molar-refractivity contribution in [3.63, 3.8) is 0 Å². The molecule has 0 aromatic carbocycles. The Hall–Kier alpha value is -0.720. The van der Waals surface area contributed by atoms with Crippen LogP contribution in [-0.2, 0) is 0 Å². The van der Waals surface area contributed by atoms with Crippen LogP contribution < -0.4 is 0 Å². The first-order valence-corrected chi connectivity index (χ1v) is 4.28. The van der Waals surface area contributed by atoms with Gasteiger partial charge in [-0.05, 0) is 18.5 Å². The van der Waals surface area contributed by atoms with Gasteiger partial charge in [-0.3, -0.25) is 0 Å². The molecule has 0 spiro atoms. The average Bonchev–Trinajstić information content (AvgIpc) is 1.99. The minimum atomic E-state index is -0.0330. The van der Waals surface area contributed by atoms with Crippen LogP contribution in [0.1, 0.15) is 27.7 Å². The van der Waals surface area contributed by atoms with Crippen molar-refractivity contribution in [2.24, 2.45) is 5.41 Å². The summed E-state index contributed by atoms with van der Waals surface area (Å²) in [5, 5.41) is 0. The number of hydrogen-bond donors (Lipinski definition) is 0. The number of nitrogens with zero attached hydrogens (tertiary/aromatic N) is 1. The molecule has 0 aromatic rings. The number of rotatable bonds is 3. The molecule has 0 heterocycles. The Bertz CT molecular complexity index is 176. The van der Waals surface area contributed by atoms with Gasteiger partial charge >= 0.3 is 0 Å². The van der Waals surface area contributed by atoms with Gasteiger partial charge in [-0.2, -0.15) is 0 Å². The van der Waals surface area contributed by atoms with E-state index in [2.05, 4.69) is 45.8 Å². The fraction of sp³-hybridized carbons (Fsp3) is 0.636. The van der Waals surface area contributed by atoms with Crippen molar-refractivity contribution in [1.29, 1.82) is 0 Å². The largest absolute Gasteiger partial charge is 0.372 e. The Kier molecular flexibility index (Phi) is 3.14. The second-order valence-electron chi connectivity index (χ2n) is 4.40. The first-order chi connectivity index (χ1) is 5.29. The SMILES string of the molecule is C=CN(C)C(C)(C=C)C(C)(C)C. The fourth-order valence-corrected chi connectivity index (χ4v) is 1.17. The van der Waals surface area contributed by atoms with Gasteiger partial charge in [0.2, 0.25) is 0 Å². The van der Waals surface area contributed by atoms with Gasteiger partial charge in [-0.15, -0.1) is 6.58 Å². The maximum atomic E-state index is 3.88. The van der Waals surface area contributed by atoms with E-state index in [-0.39, 0.29) is 11.0 Å². The van der Waals surface area contributed by atoms with Crippen molar-refractivity contribution in [3.05, 3.63) is 25.4 Å². The molecule has 0 aliphatic rings. The van der Waals surface area contributed by atoms with Crippen LogP contribution in [0.4, 0.5) is 0 Å². The lowest BCUT2D eigenvalue weighted by molar-refractivity contribution is 0.112. The third kappa shape index (κ3) is 1.71. The molecular weight excluding hydrogens is 146 g/mol. The van der Waals surface area contributed by atoms with Crippen molar-refractivity contribution >= 4 is 0 Å². The molecule has 1 nitrogen and oxygen atoms in total. The normalized spacial score (nSPS) is 16.4. The standard InChI is InChI=1S/C11H21N/c1-8-11(6,10(3,4)5)12(7)9-2/h8-9H,1-2H2,3-7H3. The highest BCUT2D eigenvalue weighted by Crippen LogP contribution is 2.35. The van der Waals surface area contributed by atoms with Crippen LogP contribution in [0.15, 0.2) is 25.4 Å². The van der Waals surface area contributed by atoms with Crippen LogP contribution in [0, 0.1) is 5.41 Å². The Labute approximate surface area is 76.8 Å². The summed E-state index contributed by atoms with van der Waals surface area (Å²) < 4.78 is 0. The minimum Gasteiger partial charge on any atom is -0.372 e. The Morgan fingerprint density at radius 2 is 1.50 bits per heavy atom. The van der Waals surface area contributed by atoms with Gasteiger partial charge in [0.15, 0.2) is 0 Å². The van der Waals surface area contributed by atoms with Gasteiger partial charge < -0.3 is 4.90 Å². The molecule has 0 N–H and O–H groups in total. The topological polar surface area (TPSA) is 3.24 Å². The molecule has 0 saturated carbocycles. The zero-order valence-corrected chi connectivity index (χ0v) is 9.02. The highest BCUT2D eigenvalue weighted by Gasteiger charge is 2.36. The maximum absolute atomic E-state index is 3.88. The van der Waals surface area contributed by atoms with Gasteiger partial charge in [0.05, 0.1) is 5.54 Å². The summed E-state index contributed by atoms with van der Waals surface area (Å²) >= 11 is 0. The van der Waals surface area contributed by atoms with Crippen LogP contribution in [0.2, 0.25) is 0 Å². The van der Waals surface area contributed by atoms with E-state index in [1.807, 2.05) is 19.3 Å². The third-order valence-electron chi connectivity index (χ3n) is 2.92. The highest BCUT2D eigenvalue weighted by atomic mass is 15.2. The molecule has 0 aliphatic heterocycles. The number of hydrogen-bond acceptors (Lipinski definition) is 1. The lowest BCUT2D eigenvalue weighted by atomic mass is 9.74. The van der Waals surface area contributed by atoms with E-state index in [1.54, 1.807) is 0 Å². The van der Waals surface area contributed by atoms with Crippen LogP contribution in [0.5, 0.6) is 0 Å². The van der Waals surface area contributed by atoms with Crippen molar-refractivity contribution in [1.82, 2.24) is 4.90 Å². The second-order valence-corrected chi connectivity index (χ2v) is 4.40. The van der Waals surface area contributed by atoms with E-state index in [9.17, 15) is 0 Å². The molecule has 0 bridgehead atoms. The van der Waals surface area contributed by atoms with Crippen molar-refractivity contribution in [2.75, 3.05) is 7.05 Å². The van der Waals surface area contributed by atoms with Crippen LogP contribution in [-0.4, -0.2) is 17.5 Å². The smallest absolute Gasteiger partial charge is 0.0593 e. The number of likely N-dealkylation sites (N-methyl/N-ethyl adjacent to an activating group) is 1. The molecule has 1 atom stereocenters. The van der Waals surface area contributed by atoms with Gasteiger partial charge in [0.1, 0.15) is 0 Å². The molecule has 0 saturated heterocycles. The molecule has 0 rings (SSSR count). The molecule has 1 heteroatoms. The second kappa shape index (κ2) is 3.34. The zero-order valence-electron chi connectivity index (χ0n) is 9.02. The predicted octanol–water partition coefficient (Wildman–Crippen LogP) is 3.05. The van der Waals surface area contributed by atoms with E-state index in [1.165, 1.54) is 0 Å². The average molecular weight is 167 g/mol. The van der Waals surface area contributed by atoms with Crippen LogP contribution >= 0.6 is 0 Å². The molecule has 12 heavy (non-hydrogen) atoms. The van der Waals surface area contributed by atoms with Gasteiger partial charge in [0.25, 0.3) is 0 Å². The lowest BCUT2D eigenvalue weighted by Gasteiger charge is -2.46. The maximum Gasteiger partial charge on any atom is 0.0593 e. The van der Waals surface area contributed by atoms with Gasteiger partial charge in [-0.25, -0.2) is 0 Å². The molecule has 0 fully saturated rings. The Balaban J connectivity index is 4.92. The van der Waals surface area contributed by atoms with Crippen molar-refractivity contribution in [3.8, 4) is 0 Å². The first-order valence-electron chi connectivity index (χ1n) is 4.28. The van der Waals surface area contributed by atoms with Crippen LogP contribution in [0.3, 0.4) is 0 Å². The molecule has 0 aliphatic carbocycles. The Morgan fingerprint density at radius 1 is 1.08 bits per heavy atom. The van der Waals surface area contributed by atoms with E-state index in [0.717, 1.165) is 0 Å². The predicted molar refractivity (Wildman–Crippen MR) is 56.0 cm³/mol. The van der Waals surface area contributed by atoms with Crippen molar-refractivity contribution < 1.29 is 0 Å². The van der Waals surface area contributed by atoms with Gasteiger partial charge in [0, 0.05) is 7.05 Å². The van der Waals surface area contributed by atoms with Gasteiger partial charge in [-0.1, -0.05) is 33.4 Å². The zero-order chi connectivity index (χ0) is 9.99. The van der Waals surface area contributed by atoms with E-state index < -0.39 is 0 Å². The molecule has 0 amide bonds. The summed E-state index contributed by atoms with van der Waals surface area (Å²) in [6.45, 7) is 16.4. The summed E-state index contributed by atoms with van der Waals surface area (Å²) in [7, 11) is 2.03. The van der Waals surface area contributed by atoms with E-state index in [0.29, 0.717) is 0 Å². The third-order valence-corrected chi connectivity index (χ3v) is 2.92. The monoisotopic (exact) mass is 167 g/mol. The highest BCUT2D eigenvalue weighted by molar-refractivity contribution is 5.09. The molecule has 0 aromatic heterocycles. The summed E-state index contributed by atoms with van der Waals surface area (Å²) in [5.74, 6) is 0. The summed E-state index contributed by atoms with van der Waals surface area (Å²) in [6, 6.07) is 0. The summed E-state index contributed by atoms with van der Waals surface area (Å²) in [5.41, 5.74) is 0.131. The van der Waals surface area contributed by atoms with Crippen molar-refractivity contribution in [2.45, 2.75) is 33.2 Å². The van der Waals surface area contributed by atoms with E-state index in [4.69, 9.17) is 0 Å². The van der Waals surface area contributed by atoms with Crippen LogP contribution in [0.25, 0.3) is 0 Å². The molecular formula is C11H21N. The minimum absolute atomic E-state index is 0.0330. The summed E-state index contributed by atoms with van der Waals surface area (Å²) in [6.07, 6.45) is 3.82. The summed E-state index contributed by atoms with van der Waals surface area (Å²) in [4.78, 5) is 2.10.